The molecule has 0 radical (unpaired) electrons. The summed E-state index contributed by atoms with van der Waals surface area (Å²) in [6.07, 6.45) is 1.26. The van der Waals surface area contributed by atoms with E-state index in [2.05, 4.69) is 50.2 Å². The highest BCUT2D eigenvalue weighted by molar-refractivity contribution is 7.86. The van der Waals surface area contributed by atoms with Crippen LogP contribution < -0.4 is 0 Å². The first-order valence-electron chi connectivity index (χ1n) is 16.8. The predicted molar refractivity (Wildman–Crippen MR) is 199 cm³/mol. The van der Waals surface area contributed by atoms with Crippen molar-refractivity contribution in [1.82, 2.24) is 0 Å². The maximum Gasteiger partial charge on any atom is 0.298 e. The lowest BCUT2D eigenvalue weighted by Crippen LogP contribution is -2.15. The van der Waals surface area contributed by atoms with E-state index in [1.807, 2.05) is 115 Å². The Balaban J connectivity index is 1.68. The molecule has 0 spiro atoms. The summed E-state index contributed by atoms with van der Waals surface area (Å²) >= 11 is 0. The van der Waals surface area contributed by atoms with Gasteiger partial charge in [-0.25, -0.2) is 0 Å². The van der Waals surface area contributed by atoms with Crippen LogP contribution in [0.5, 0.6) is 5.75 Å². The Morgan fingerprint density at radius 2 is 0.898 bits per heavy atom. The molecule has 0 bridgehead atoms. The Hall–Kier alpha value is -4.97. The number of hydrogen-bond donors (Lipinski definition) is 2. The van der Waals surface area contributed by atoms with Gasteiger partial charge in [0.2, 0.25) is 0 Å². The van der Waals surface area contributed by atoms with Gasteiger partial charge in [-0.05, 0) is 69.7 Å². The Morgan fingerprint density at radius 3 is 1.33 bits per heavy atom. The summed E-state index contributed by atoms with van der Waals surface area (Å²) < 4.78 is 37.1. The Morgan fingerprint density at radius 1 is 0.531 bits per heavy atom. The number of rotatable bonds is 12. The van der Waals surface area contributed by atoms with Crippen LogP contribution in [0.2, 0.25) is 0 Å². The van der Waals surface area contributed by atoms with Crippen LogP contribution in [0, 0.1) is 0 Å². The van der Waals surface area contributed by atoms with Crippen LogP contribution in [0.3, 0.4) is 0 Å². The average molecular weight is 667 g/mol. The first-order chi connectivity index (χ1) is 23.7. The largest absolute Gasteiger partial charge is 0.506 e. The van der Waals surface area contributed by atoms with E-state index in [0.717, 1.165) is 33.4 Å². The smallest absolute Gasteiger partial charge is 0.298 e. The zero-order chi connectivity index (χ0) is 34.4. The third-order valence-corrected chi connectivity index (χ3v) is 10.6. The predicted octanol–water partition coefficient (Wildman–Crippen LogP) is 11.0. The zero-order valence-electron chi connectivity index (χ0n) is 27.9. The van der Waals surface area contributed by atoms with Crippen molar-refractivity contribution in [2.24, 2.45) is 0 Å². The minimum atomic E-state index is -4.82. The molecule has 0 aliphatic rings. The second-order valence-electron chi connectivity index (χ2n) is 13.0. The van der Waals surface area contributed by atoms with Gasteiger partial charge in [-0.2, -0.15) is 8.42 Å². The molecule has 5 heteroatoms. The number of phenols is 1. The lowest BCUT2D eigenvalue weighted by Gasteiger charge is -2.31. The molecule has 2 N–H and O–H groups in total. The van der Waals surface area contributed by atoms with Gasteiger partial charge in [0.15, 0.2) is 0 Å². The molecule has 4 atom stereocenters. The molecule has 6 aromatic carbocycles. The highest BCUT2D eigenvalue weighted by Gasteiger charge is 2.34. The Kier molecular flexibility index (Phi) is 10.4. The van der Waals surface area contributed by atoms with E-state index >= 15 is 0 Å². The summed E-state index contributed by atoms with van der Waals surface area (Å²) in [5, 5.41) is 12.2. The third-order valence-electron chi connectivity index (χ3n) is 9.72. The molecule has 0 amide bonds. The van der Waals surface area contributed by atoms with Crippen LogP contribution in [-0.4, -0.2) is 18.1 Å². The van der Waals surface area contributed by atoms with Crippen molar-refractivity contribution in [2.75, 3.05) is 0 Å². The Bertz CT molecular complexity index is 2070. The van der Waals surface area contributed by atoms with E-state index in [4.69, 9.17) is 0 Å². The van der Waals surface area contributed by atoms with E-state index in [-0.39, 0.29) is 17.8 Å². The molecule has 0 aromatic heterocycles. The molecule has 0 aliphatic heterocycles. The van der Waals surface area contributed by atoms with Crippen LogP contribution in [0.1, 0.15) is 83.7 Å². The lowest BCUT2D eigenvalue weighted by molar-refractivity contribution is 0.432. The summed E-state index contributed by atoms with van der Waals surface area (Å²) in [4.78, 5) is -0.473. The zero-order valence-corrected chi connectivity index (χ0v) is 28.7. The van der Waals surface area contributed by atoms with Crippen molar-refractivity contribution in [3.05, 3.63) is 191 Å². The molecule has 4 unspecified atom stereocenters. The molecule has 6 aromatic rings. The van der Waals surface area contributed by atoms with Gasteiger partial charge in [0.25, 0.3) is 10.1 Å². The topological polar surface area (TPSA) is 74.6 Å². The van der Waals surface area contributed by atoms with Gasteiger partial charge < -0.3 is 5.11 Å². The summed E-state index contributed by atoms with van der Waals surface area (Å²) in [6, 6.07) is 52.0. The van der Waals surface area contributed by atoms with Gasteiger partial charge >= 0.3 is 0 Å². The first-order valence-corrected chi connectivity index (χ1v) is 18.3. The molecule has 248 valence electrons. The van der Waals surface area contributed by atoms with Gasteiger partial charge in [0.1, 0.15) is 10.6 Å². The fourth-order valence-electron chi connectivity index (χ4n) is 7.20. The molecule has 49 heavy (non-hydrogen) atoms. The second kappa shape index (κ2) is 15.1. The number of aromatic hydroxyl groups is 1. The normalized spacial score (nSPS) is 14.1. The quantitative estimate of drug-likeness (QED) is 0.127. The number of hydrogen-bond acceptors (Lipinski definition) is 3. The summed E-state index contributed by atoms with van der Waals surface area (Å²) in [6.45, 7) is 4.35. The molecule has 4 nitrogen and oxygen atoms in total. The fraction of sp³-hybridized carbons (Fsp3) is 0.182. The van der Waals surface area contributed by atoms with Crippen molar-refractivity contribution in [3.63, 3.8) is 0 Å². The lowest BCUT2D eigenvalue weighted by atomic mass is 9.73. The maximum atomic E-state index is 13.2. The van der Waals surface area contributed by atoms with Crippen LogP contribution in [0.15, 0.2) is 163 Å². The van der Waals surface area contributed by atoms with Crippen molar-refractivity contribution < 1.29 is 18.1 Å². The molecule has 6 rings (SSSR count). The van der Waals surface area contributed by atoms with Crippen LogP contribution in [0.4, 0.5) is 0 Å². The van der Waals surface area contributed by atoms with Crippen LogP contribution >= 0.6 is 0 Å². The van der Waals surface area contributed by atoms with Crippen molar-refractivity contribution in [3.8, 4) is 16.9 Å². The number of benzene rings is 6. The van der Waals surface area contributed by atoms with Crippen molar-refractivity contribution in [2.45, 2.75) is 55.3 Å². The molecule has 0 saturated heterocycles. The van der Waals surface area contributed by atoms with Gasteiger partial charge in [-0.1, -0.05) is 166 Å². The minimum Gasteiger partial charge on any atom is -0.506 e. The molecule has 0 saturated carbocycles. The van der Waals surface area contributed by atoms with Crippen LogP contribution in [-0.2, 0) is 10.1 Å². The average Bonchev–Trinajstić information content (AvgIpc) is 3.14. The molecular weight excluding hydrogens is 625 g/mol. The molecular formula is C44H42O4S. The first kappa shape index (κ1) is 33.9. The number of phenolic OH excluding ortho intramolecular Hbond substituents is 1. The SMILES string of the molecule is CC(CC(c1ccccc1)c1cc(S(=O)(=O)O)c(O)c(C(CC(C)c2ccccc2)c2ccccc2)c1-c1ccccc1)c1ccccc1. The van der Waals surface area contributed by atoms with E-state index in [1.54, 1.807) is 0 Å². The van der Waals surface area contributed by atoms with E-state index < -0.39 is 26.7 Å². The van der Waals surface area contributed by atoms with E-state index in [9.17, 15) is 18.1 Å². The van der Waals surface area contributed by atoms with E-state index in [0.29, 0.717) is 18.4 Å². The molecule has 0 aliphatic carbocycles. The highest BCUT2D eigenvalue weighted by atomic mass is 32.2. The van der Waals surface area contributed by atoms with Gasteiger partial charge in [-0.3, -0.25) is 4.55 Å². The summed E-state index contributed by atoms with van der Waals surface area (Å²) in [5.41, 5.74) is 7.19. The standard InChI is InChI=1S/C44H42O4S/c1-31(33-18-8-3-9-19-33)28-38(35-22-12-5-13-23-35)40-30-41(49(46,47)48)44(45)43(42(40)37-26-16-7-17-27-37)39(36-24-14-6-15-25-36)29-32(2)34-20-10-4-11-21-34/h3-27,30-32,38-39,45H,28-29H2,1-2H3,(H,46,47,48). The van der Waals surface area contributed by atoms with Gasteiger partial charge in [-0.15, -0.1) is 0 Å². The minimum absolute atomic E-state index is 0.0651. The molecule has 0 heterocycles. The van der Waals surface area contributed by atoms with Crippen molar-refractivity contribution in [1.29, 1.82) is 0 Å². The highest BCUT2D eigenvalue weighted by Crippen LogP contribution is 2.51. The van der Waals surface area contributed by atoms with E-state index in [1.165, 1.54) is 11.6 Å². The summed E-state index contributed by atoms with van der Waals surface area (Å²) in [5.74, 6) is -0.911. The monoisotopic (exact) mass is 666 g/mol. The van der Waals surface area contributed by atoms with Gasteiger partial charge in [0.05, 0.1) is 0 Å². The fourth-order valence-corrected chi connectivity index (χ4v) is 7.83. The molecule has 0 fully saturated rings. The van der Waals surface area contributed by atoms with Crippen molar-refractivity contribution >= 4 is 10.1 Å². The van der Waals surface area contributed by atoms with Gasteiger partial charge in [0, 0.05) is 17.4 Å². The van der Waals surface area contributed by atoms with Crippen LogP contribution in [0.25, 0.3) is 11.1 Å². The summed E-state index contributed by atoms with van der Waals surface area (Å²) in [7, 11) is -4.82. The third kappa shape index (κ3) is 7.69. The Labute approximate surface area is 290 Å². The maximum absolute atomic E-state index is 13.2. The second-order valence-corrected chi connectivity index (χ2v) is 14.4.